The van der Waals surface area contributed by atoms with Crippen LogP contribution in [0.25, 0.3) is 11.1 Å². The summed E-state index contributed by atoms with van der Waals surface area (Å²) in [4.78, 5) is 34.7. The summed E-state index contributed by atoms with van der Waals surface area (Å²) < 4.78 is 7.82. The highest BCUT2D eigenvalue weighted by atomic mass is 16.4. The zero-order valence-corrected chi connectivity index (χ0v) is 12.6. The third-order valence-corrected chi connectivity index (χ3v) is 3.37. The average Bonchev–Trinajstić information content (AvgIpc) is 3.10. The Bertz CT molecular complexity index is 952. The van der Waals surface area contributed by atoms with Crippen LogP contribution in [-0.2, 0) is 22.7 Å². The van der Waals surface area contributed by atoms with Gasteiger partial charge in [-0.3, -0.25) is 18.8 Å². The topological polar surface area (TPSA) is 125 Å². The molecule has 0 aliphatic carbocycles. The van der Waals surface area contributed by atoms with E-state index in [1.165, 1.54) is 9.25 Å². The summed E-state index contributed by atoms with van der Waals surface area (Å²) in [5, 5.41) is 6.69. The number of aryl methyl sites for hydroxylation is 1. The van der Waals surface area contributed by atoms with E-state index in [0.29, 0.717) is 23.5 Å². The number of nitrogens with two attached hydrogens (primary N) is 1. The Kier molecular flexibility index (Phi) is 4.15. The molecular weight excluding hydrogens is 314 g/mol. The molecule has 3 rings (SSSR count). The van der Waals surface area contributed by atoms with Crippen LogP contribution in [0.15, 0.2) is 45.7 Å². The van der Waals surface area contributed by atoms with E-state index in [-0.39, 0.29) is 13.0 Å². The first kappa shape index (κ1) is 15.5. The number of para-hydroxylation sites is 2. The number of rotatable bonds is 6. The largest absolute Gasteiger partial charge is 0.420 e. The second kappa shape index (κ2) is 6.41. The van der Waals surface area contributed by atoms with Crippen molar-refractivity contribution in [3.8, 4) is 0 Å². The van der Waals surface area contributed by atoms with Gasteiger partial charge < -0.3 is 15.5 Å². The fourth-order valence-corrected chi connectivity index (χ4v) is 2.27. The molecule has 0 saturated heterocycles. The molecule has 0 fully saturated rings. The first-order valence-electron chi connectivity index (χ1n) is 7.23. The molecule has 2 aromatic heterocycles. The molecule has 3 aromatic rings. The monoisotopic (exact) mass is 329 g/mol. The number of nitrogens with zero attached hydrogens (tertiary/aromatic N) is 3. The minimum absolute atomic E-state index is 0.158. The summed E-state index contributed by atoms with van der Waals surface area (Å²) >= 11 is 0. The third kappa shape index (κ3) is 3.35. The van der Waals surface area contributed by atoms with Gasteiger partial charge in [0.2, 0.25) is 11.8 Å². The fourth-order valence-electron chi connectivity index (χ4n) is 2.27. The number of benzene rings is 1. The molecule has 0 spiro atoms. The summed E-state index contributed by atoms with van der Waals surface area (Å²) in [7, 11) is 0. The highest BCUT2D eigenvalue weighted by Crippen LogP contribution is 2.12. The first-order valence-corrected chi connectivity index (χ1v) is 7.23. The van der Waals surface area contributed by atoms with Crippen LogP contribution >= 0.6 is 0 Å². The number of hydrogen-bond donors (Lipinski definition) is 2. The van der Waals surface area contributed by atoms with Gasteiger partial charge in [-0.1, -0.05) is 12.1 Å². The quantitative estimate of drug-likeness (QED) is 0.673. The number of fused-ring (bicyclic) bond motifs is 1. The highest BCUT2D eigenvalue weighted by Gasteiger charge is 2.13. The smallest absolute Gasteiger partial charge is 0.408 e. The van der Waals surface area contributed by atoms with Crippen molar-refractivity contribution in [2.75, 3.05) is 5.32 Å². The van der Waals surface area contributed by atoms with Gasteiger partial charge in [-0.2, -0.15) is 5.10 Å². The van der Waals surface area contributed by atoms with Gasteiger partial charge >= 0.3 is 5.76 Å². The second-order valence-corrected chi connectivity index (χ2v) is 5.15. The van der Waals surface area contributed by atoms with Gasteiger partial charge in [0.25, 0.3) is 0 Å². The van der Waals surface area contributed by atoms with Crippen molar-refractivity contribution in [3.05, 3.63) is 47.1 Å². The van der Waals surface area contributed by atoms with Crippen LogP contribution in [0.5, 0.6) is 0 Å². The summed E-state index contributed by atoms with van der Waals surface area (Å²) in [6.07, 6.45) is 1.78. The number of carbonyl (C=O) groups excluding carboxylic acids is 2. The molecular formula is C15H15N5O4. The molecule has 124 valence electrons. The third-order valence-electron chi connectivity index (χ3n) is 3.37. The summed E-state index contributed by atoms with van der Waals surface area (Å²) in [5.74, 6) is -1.12. The Balaban J connectivity index is 1.68. The molecule has 0 radical (unpaired) electrons. The van der Waals surface area contributed by atoms with Gasteiger partial charge in [0.1, 0.15) is 6.54 Å². The Morgan fingerprint density at radius 1 is 1.25 bits per heavy atom. The predicted molar refractivity (Wildman–Crippen MR) is 85.1 cm³/mol. The van der Waals surface area contributed by atoms with Gasteiger partial charge in [-0.15, -0.1) is 0 Å². The Hall–Kier alpha value is -3.36. The lowest BCUT2D eigenvalue weighted by molar-refractivity contribution is -0.118. The van der Waals surface area contributed by atoms with Crippen LogP contribution in [0.3, 0.4) is 0 Å². The van der Waals surface area contributed by atoms with Crippen molar-refractivity contribution in [1.82, 2.24) is 14.3 Å². The van der Waals surface area contributed by atoms with E-state index < -0.39 is 17.6 Å². The molecule has 2 amide bonds. The molecule has 0 aliphatic heterocycles. The number of nitrogens with one attached hydrogen (secondary N) is 1. The van der Waals surface area contributed by atoms with Gasteiger partial charge in [-0.05, 0) is 12.1 Å². The Morgan fingerprint density at radius 3 is 2.83 bits per heavy atom. The molecule has 0 unspecified atom stereocenters. The lowest BCUT2D eigenvalue weighted by Gasteiger charge is -2.03. The summed E-state index contributed by atoms with van der Waals surface area (Å²) in [6, 6.07) is 8.45. The maximum atomic E-state index is 12.1. The summed E-state index contributed by atoms with van der Waals surface area (Å²) in [5.41, 5.74) is 6.04. The highest BCUT2D eigenvalue weighted by molar-refractivity contribution is 5.90. The van der Waals surface area contributed by atoms with Gasteiger partial charge in [0.15, 0.2) is 11.4 Å². The van der Waals surface area contributed by atoms with Crippen LogP contribution < -0.4 is 16.8 Å². The van der Waals surface area contributed by atoms with Crippen LogP contribution in [0, 0.1) is 0 Å². The second-order valence-electron chi connectivity index (χ2n) is 5.15. The molecule has 9 heteroatoms. The number of oxazole rings is 1. The number of carbonyl (C=O) groups is 2. The minimum Gasteiger partial charge on any atom is -0.408 e. The van der Waals surface area contributed by atoms with E-state index in [4.69, 9.17) is 10.2 Å². The zero-order valence-electron chi connectivity index (χ0n) is 12.6. The predicted octanol–water partition coefficient (Wildman–Crippen LogP) is 0.305. The molecule has 0 bridgehead atoms. The first-order chi connectivity index (χ1) is 11.5. The maximum absolute atomic E-state index is 12.1. The molecule has 9 nitrogen and oxygen atoms in total. The Morgan fingerprint density at radius 2 is 2.04 bits per heavy atom. The van der Waals surface area contributed by atoms with E-state index in [2.05, 4.69) is 10.4 Å². The molecule has 2 heterocycles. The summed E-state index contributed by atoms with van der Waals surface area (Å²) in [6.45, 7) is 0.140. The molecule has 24 heavy (non-hydrogen) atoms. The van der Waals surface area contributed by atoms with Crippen molar-refractivity contribution >= 4 is 28.7 Å². The normalized spacial score (nSPS) is 10.8. The number of aromatic nitrogens is 3. The van der Waals surface area contributed by atoms with Crippen molar-refractivity contribution in [2.24, 2.45) is 5.73 Å². The van der Waals surface area contributed by atoms with Gasteiger partial charge in [0.05, 0.1) is 5.52 Å². The standard InChI is InChI=1S/C15H15N5O4/c16-12(21)5-7-19-8-6-13(18-19)17-14(22)9-20-10-3-1-2-4-11(10)24-15(20)23/h1-4,6,8H,5,7,9H2,(H2,16,21)(H,17,18,22). The van der Waals surface area contributed by atoms with E-state index in [0.717, 1.165) is 0 Å². The number of hydrogen-bond acceptors (Lipinski definition) is 5. The molecule has 0 saturated carbocycles. The lowest BCUT2D eigenvalue weighted by Crippen LogP contribution is -2.25. The number of anilines is 1. The average molecular weight is 329 g/mol. The van der Waals surface area contributed by atoms with Gasteiger partial charge in [0, 0.05) is 25.2 Å². The van der Waals surface area contributed by atoms with E-state index in [1.807, 2.05) is 0 Å². The number of primary amides is 1. The molecule has 3 N–H and O–H groups in total. The molecule has 1 aromatic carbocycles. The minimum atomic E-state index is -0.599. The lowest BCUT2D eigenvalue weighted by atomic mass is 10.3. The maximum Gasteiger partial charge on any atom is 0.420 e. The SMILES string of the molecule is NC(=O)CCn1ccc(NC(=O)Cn2c(=O)oc3ccccc32)n1. The Labute approximate surface area is 135 Å². The van der Waals surface area contributed by atoms with E-state index in [9.17, 15) is 14.4 Å². The van der Waals surface area contributed by atoms with E-state index >= 15 is 0 Å². The number of amides is 2. The van der Waals surface area contributed by atoms with Crippen LogP contribution in [0.4, 0.5) is 5.82 Å². The van der Waals surface area contributed by atoms with Crippen molar-refractivity contribution in [1.29, 1.82) is 0 Å². The zero-order chi connectivity index (χ0) is 17.1. The van der Waals surface area contributed by atoms with Crippen molar-refractivity contribution < 1.29 is 14.0 Å². The van der Waals surface area contributed by atoms with Crippen LogP contribution in [-0.4, -0.2) is 26.2 Å². The van der Waals surface area contributed by atoms with Crippen LogP contribution in [0.1, 0.15) is 6.42 Å². The van der Waals surface area contributed by atoms with Crippen LogP contribution in [0.2, 0.25) is 0 Å². The van der Waals surface area contributed by atoms with Crippen molar-refractivity contribution in [3.63, 3.8) is 0 Å². The fraction of sp³-hybridized carbons (Fsp3) is 0.200. The van der Waals surface area contributed by atoms with E-state index in [1.54, 1.807) is 36.5 Å². The molecule has 0 aliphatic rings. The molecule has 0 atom stereocenters. The van der Waals surface area contributed by atoms with Crippen molar-refractivity contribution in [2.45, 2.75) is 19.5 Å². The van der Waals surface area contributed by atoms with Gasteiger partial charge in [-0.25, -0.2) is 4.79 Å².